The molecule has 15 heavy (non-hydrogen) atoms. The highest BCUT2D eigenvalue weighted by Gasteiger charge is 2.08. The third-order valence-corrected chi connectivity index (χ3v) is 2.67. The maximum Gasteiger partial charge on any atom is 0.123 e. The Kier molecular flexibility index (Phi) is 2.19. The fourth-order valence-corrected chi connectivity index (χ4v) is 1.49. The zero-order valence-electron chi connectivity index (χ0n) is 9.15. The lowest BCUT2D eigenvalue weighted by Gasteiger charge is -2.03. The Morgan fingerprint density at radius 2 is 1.93 bits per heavy atom. The van der Waals surface area contributed by atoms with E-state index in [1.54, 1.807) is 12.3 Å². The van der Waals surface area contributed by atoms with Crippen LogP contribution in [0.15, 0.2) is 18.3 Å². The third kappa shape index (κ3) is 1.58. The molecule has 0 saturated carbocycles. The van der Waals surface area contributed by atoms with Crippen molar-refractivity contribution in [2.75, 3.05) is 5.73 Å². The minimum absolute atomic E-state index is 0.525. The zero-order chi connectivity index (χ0) is 11.0. The Labute approximate surface area is 88.8 Å². The van der Waals surface area contributed by atoms with Gasteiger partial charge >= 0.3 is 0 Å². The van der Waals surface area contributed by atoms with Crippen LogP contribution >= 0.6 is 0 Å². The number of nitrogen functional groups attached to an aromatic ring is 1. The largest absolute Gasteiger partial charge is 0.384 e. The van der Waals surface area contributed by atoms with Crippen LogP contribution in [-0.4, -0.2) is 14.8 Å². The van der Waals surface area contributed by atoms with Crippen molar-refractivity contribution in [3.05, 3.63) is 35.3 Å². The van der Waals surface area contributed by atoms with Gasteiger partial charge in [0, 0.05) is 5.69 Å². The first-order valence-electron chi connectivity index (χ1n) is 4.84. The first kappa shape index (κ1) is 9.71. The summed E-state index contributed by atoms with van der Waals surface area (Å²) in [5.74, 6) is 0.525. The summed E-state index contributed by atoms with van der Waals surface area (Å²) in [6, 6.07) is 3.70. The van der Waals surface area contributed by atoms with Crippen molar-refractivity contribution in [1.29, 1.82) is 0 Å². The van der Waals surface area contributed by atoms with Crippen LogP contribution in [0.5, 0.6) is 0 Å². The summed E-state index contributed by atoms with van der Waals surface area (Å²) in [4.78, 5) is 4.05. The maximum atomic E-state index is 5.54. The zero-order valence-corrected chi connectivity index (χ0v) is 9.15. The minimum Gasteiger partial charge on any atom is -0.384 e. The molecule has 0 saturated heterocycles. The topological polar surface area (TPSA) is 56.7 Å². The number of aryl methyl sites for hydroxylation is 1. The second kappa shape index (κ2) is 3.38. The molecule has 0 bridgehead atoms. The molecule has 0 aromatic carbocycles. The molecule has 2 rings (SSSR count). The smallest absolute Gasteiger partial charge is 0.123 e. The van der Waals surface area contributed by atoms with Crippen LogP contribution in [-0.2, 0) is 0 Å². The highest BCUT2D eigenvalue weighted by atomic mass is 15.3. The molecule has 0 atom stereocenters. The molecule has 0 aliphatic heterocycles. The normalized spacial score (nSPS) is 10.6. The first-order chi connectivity index (χ1) is 7.09. The summed E-state index contributed by atoms with van der Waals surface area (Å²) in [6.07, 6.45) is 1.73. The molecule has 0 fully saturated rings. The SMILES string of the molecule is Cc1nn(-c2ccc(N)nc2)c(C)c1C. The van der Waals surface area contributed by atoms with Gasteiger partial charge in [0.05, 0.1) is 17.6 Å². The fourth-order valence-electron chi connectivity index (χ4n) is 1.49. The Hall–Kier alpha value is -1.84. The quantitative estimate of drug-likeness (QED) is 0.766. The van der Waals surface area contributed by atoms with Crippen molar-refractivity contribution in [1.82, 2.24) is 14.8 Å². The summed E-state index contributed by atoms with van der Waals surface area (Å²) in [7, 11) is 0. The van der Waals surface area contributed by atoms with Crippen molar-refractivity contribution in [3.8, 4) is 5.69 Å². The standard InChI is InChI=1S/C11H14N4/c1-7-8(2)14-15(9(7)3)10-4-5-11(12)13-6-10/h4-6H,1-3H3,(H2,12,13). The average molecular weight is 202 g/mol. The van der Waals surface area contributed by atoms with E-state index < -0.39 is 0 Å². The maximum absolute atomic E-state index is 5.54. The van der Waals surface area contributed by atoms with Gasteiger partial charge in [-0.3, -0.25) is 0 Å². The van der Waals surface area contributed by atoms with Gasteiger partial charge in [0.25, 0.3) is 0 Å². The van der Waals surface area contributed by atoms with Gasteiger partial charge in [-0.2, -0.15) is 5.10 Å². The van der Waals surface area contributed by atoms with Crippen molar-refractivity contribution in [2.45, 2.75) is 20.8 Å². The molecule has 2 aromatic rings. The average Bonchev–Trinajstić information content (AvgIpc) is 2.47. The second-order valence-corrected chi connectivity index (χ2v) is 3.65. The molecule has 4 heteroatoms. The lowest BCUT2D eigenvalue weighted by Crippen LogP contribution is -2.00. The highest BCUT2D eigenvalue weighted by molar-refractivity contribution is 5.39. The monoisotopic (exact) mass is 202 g/mol. The summed E-state index contributed by atoms with van der Waals surface area (Å²) in [6.45, 7) is 6.12. The minimum atomic E-state index is 0.525. The molecule has 2 aromatic heterocycles. The van der Waals surface area contributed by atoms with E-state index in [9.17, 15) is 0 Å². The van der Waals surface area contributed by atoms with Crippen LogP contribution in [0.25, 0.3) is 5.69 Å². The molecule has 0 amide bonds. The van der Waals surface area contributed by atoms with Crippen molar-refractivity contribution in [2.24, 2.45) is 0 Å². The molecule has 2 N–H and O–H groups in total. The summed E-state index contributed by atoms with van der Waals surface area (Å²) in [5, 5.41) is 4.45. The van der Waals surface area contributed by atoms with Gasteiger partial charge in [0.15, 0.2) is 0 Å². The van der Waals surface area contributed by atoms with E-state index >= 15 is 0 Å². The van der Waals surface area contributed by atoms with Crippen molar-refractivity contribution >= 4 is 5.82 Å². The summed E-state index contributed by atoms with van der Waals surface area (Å²) in [5.41, 5.74) is 9.88. The number of anilines is 1. The Balaban J connectivity index is 2.54. The van der Waals surface area contributed by atoms with Crippen LogP contribution < -0.4 is 5.73 Å². The van der Waals surface area contributed by atoms with Crippen molar-refractivity contribution in [3.63, 3.8) is 0 Å². The Bertz CT molecular complexity index is 482. The lowest BCUT2D eigenvalue weighted by molar-refractivity contribution is 0.828. The lowest BCUT2D eigenvalue weighted by atomic mass is 10.2. The van der Waals surface area contributed by atoms with Gasteiger partial charge in [0.2, 0.25) is 0 Å². The molecule has 78 valence electrons. The van der Waals surface area contributed by atoms with Gasteiger partial charge in [-0.05, 0) is 38.5 Å². The van der Waals surface area contributed by atoms with E-state index in [1.165, 1.54) is 5.56 Å². The predicted molar refractivity (Wildman–Crippen MR) is 60.0 cm³/mol. The number of hydrogen-bond acceptors (Lipinski definition) is 3. The van der Waals surface area contributed by atoms with Crippen LogP contribution in [0, 0.1) is 20.8 Å². The molecule has 0 radical (unpaired) electrons. The Morgan fingerprint density at radius 1 is 1.20 bits per heavy atom. The van der Waals surface area contributed by atoms with Gasteiger partial charge in [-0.1, -0.05) is 0 Å². The van der Waals surface area contributed by atoms with Crippen LogP contribution in [0.4, 0.5) is 5.82 Å². The van der Waals surface area contributed by atoms with E-state index in [-0.39, 0.29) is 0 Å². The fraction of sp³-hybridized carbons (Fsp3) is 0.273. The predicted octanol–water partition coefficient (Wildman–Crippen LogP) is 1.77. The molecule has 0 unspecified atom stereocenters. The highest BCUT2D eigenvalue weighted by Crippen LogP contribution is 2.16. The van der Waals surface area contributed by atoms with E-state index in [1.807, 2.05) is 24.6 Å². The summed E-state index contributed by atoms with van der Waals surface area (Å²) < 4.78 is 1.89. The second-order valence-electron chi connectivity index (χ2n) is 3.65. The van der Waals surface area contributed by atoms with Gasteiger partial charge in [0.1, 0.15) is 5.82 Å². The molecule has 2 heterocycles. The third-order valence-electron chi connectivity index (χ3n) is 2.67. The van der Waals surface area contributed by atoms with Gasteiger partial charge < -0.3 is 5.73 Å². The molecular formula is C11H14N4. The number of hydrogen-bond donors (Lipinski definition) is 1. The van der Waals surface area contributed by atoms with E-state index in [2.05, 4.69) is 17.0 Å². The molecule has 0 aliphatic rings. The number of nitrogens with zero attached hydrogens (tertiary/aromatic N) is 3. The Morgan fingerprint density at radius 3 is 2.40 bits per heavy atom. The number of aromatic nitrogens is 3. The van der Waals surface area contributed by atoms with E-state index in [4.69, 9.17) is 5.73 Å². The van der Waals surface area contributed by atoms with E-state index in [0.29, 0.717) is 5.82 Å². The molecule has 4 nitrogen and oxygen atoms in total. The molecule has 0 aliphatic carbocycles. The van der Waals surface area contributed by atoms with Crippen LogP contribution in [0.2, 0.25) is 0 Å². The van der Waals surface area contributed by atoms with Crippen molar-refractivity contribution < 1.29 is 0 Å². The molecular weight excluding hydrogens is 188 g/mol. The van der Waals surface area contributed by atoms with Gasteiger partial charge in [-0.25, -0.2) is 9.67 Å². The number of nitrogens with two attached hydrogens (primary N) is 1. The molecule has 0 spiro atoms. The summed E-state index contributed by atoms with van der Waals surface area (Å²) >= 11 is 0. The number of rotatable bonds is 1. The van der Waals surface area contributed by atoms with Crippen LogP contribution in [0.1, 0.15) is 17.0 Å². The van der Waals surface area contributed by atoms with Gasteiger partial charge in [-0.15, -0.1) is 0 Å². The van der Waals surface area contributed by atoms with Crippen LogP contribution in [0.3, 0.4) is 0 Å². The number of pyridine rings is 1. The first-order valence-corrected chi connectivity index (χ1v) is 4.84. The van der Waals surface area contributed by atoms with E-state index in [0.717, 1.165) is 17.1 Å².